The van der Waals surface area contributed by atoms with Gasteiger partial charge >= 0.3 is 0 Å². The van der Waals surface area contributed by atoms with Crippen LogP contribution in [-0.4, -0.2) is 17.9 Å². The lowest BCUT2D eigenvalue weighted by molar-refractivity contribution is -0.120. The number of nitrogens with two attached hydrogens (primary N) is 2. The molecule has 0 heterocycles. The van der Waals surface area contributed by atoms with E-state index < -0.39 is 17.9 Å². The summed E-state index contributed by atoms with van der Waals surface area (Å²) in [5.74, 6) is -1.16. The highest BCUT2D eigenvalue weighted by atomic mass is 35.5. The van der Waals surface area contributed by atoms with E-state index in [9.17, 15) is 9.59 Å². The van der Waals surface area contributed by atoms with Gasteiger partial charge in [0.25, 0.3) is 5.91 Å². The smallest absolute Gasteiger partial charge is 0.253 e. The van der Waals surface area contributed by atoms with Gasteiger partial charge in [0.2, 0.25) is 5.91 Å². The normalized spacial score (nSPS) is 12.2. The highest BCUT2D eigenvalue weighted by molar-refractivity contribution is 6.36. The summed E-state index contributed by atoms with van der Waals surface area (Å²) in [4.78, 5) is 23.2. The fraction of sp³-hybridized carbons (Fsp3) is 0.333. The summed E-state index contributed by atoms with van der Waals surface area (Å²) < 4.78 is 0. The van der Waals surface area contributed by atoms with E-state index in [0.29, 0.717) is 5.69 Å². The van der Waals surface area contributed by atoms with Gasteiger partial charge in [-0.3, -0.25) is 9.59 Å². The van der Waals surface area contributed by atoms with E-state index in [1.54, 1.807) is 26.0 Å². The minimum absolute atomic E-state index is 0.105. The molecule has 1 atom stereocenters. The Bertz CT molecular complexity index is 474. The Morgan fingerprint density at radius 2 is 1.94 bits per heavy atom. The SMILES string of the molecule is CC(C)C(NC(=O)c1cccc(N)c1Cl)C(N)=O. The lowest BCUT2D eigenvalue weighted by atomic mass is 10.0. The fourth-order valence-corrected chi connectivity index (χ4v) is 1.72. The second-order valence-corrected chi connectivity index (χ2v) is 4.68. The number of primary amides is 1. The molecule has 0 radical (unpaired) electrons. The van der Waals surface area contributed by atoms with E-state index in [2.05, 4.69) is 5.32 Å². The maximum absolute atomic E-state index is 12.0. The Hall–Kier alpha value is -1.75. The fourth-order valence-electron chi connectivity index (χ4n) is 1.51. The van der Waals surface area contributed by atoms with Gasteiger partial charge in [-0.25, -0.2) is 0 Å². The summed E-state index contributed by atoms with van der Waals surface area (Å²) in [5, 5.41) is 2.72. The van der Waals surface area contributed by atoms with Crippen LogP contribution in [0.25, 0.3) is 0 Å². The first-order valence-electron chi connectivity index (χ1n) is 5.48. The standard InChI is InChI=1S/C12H16ClN3O2/c1-6(2)10(11(15)17)16-12(18)7-4-3-5-8(14)9(7)13/h3-6,10H,14H2,1-2H3,(H2,15,17)(H,16,18). The van der Waals surface area contributed by atoms with Gasteiger partial charge in [-0.05, 0) is 18.1 Å². The molecule has 0 aliphatic rings. The van der Waals surface area contributed by atoms with Crippen LogP contribution in [0.3, 0.4) is 0 Å². The van der Waals surface area contributed by atoms with Gasteiger partial charge < -0.3 is 16.8 Å². The summed E-state index contributed by atoms with van der Waals surface area (Å²) in [6.07, 6.45) is 0. The molecule has 1 aromatic carbocycles. The van der Waals surface area contributed by atoms with Crippen molar-refractivity contribution < 1.29 is 9.59 Å². The molecule has 0 spiro atoms. The van der Waals surface area contributed by atoms with Crippen LogP contribution in [0.1, 0.15) is 24.2 Å². The second kappa shape index (κ2) is 5.73. The topological polar surface area (TPSA) is 98.2 Å². The van der Waals surface area contributed by atoms with E-state index in [-0.39, 0.29) is 16.5 Å². The summed E-state index contributed by atoms with van der Waals surface area (Å²) in [6.45, 7) is 3.58. The van der Waals surface area contributed by atoms with Gasteiger partial charge in [0.15, 0.2) is 0 Å². The minimum Gasteiger partial charge on any atom is -0.398 e. The monoisotopic (exact) mass is 269 g/mol. The lowest BCUT2D eigenvalue weighted by Crippen LogP contribution is -2.47. The highest BCUT2D eigenvalue weighted by Gasteiger charge is 2.23. The lowest BCUT2D eigenvalue weighted by Gasteiger charge is -2.19. The number of rotatable bonds is 4. The molecular weight excluding hydrogens is 254 g/mol. The summed E-state index contributed by atoms with van der Waals surface area (Å²) in [6, 6.07) is 4.00. The molecular formula is C12H16ClN3O2. The van der Waals surface area contributed by atoms with Crippen molar-refractivity contribution in [2.45, 2.75) is 19.9 Å². The van der Waals surface area contributed by atoms with Crippen LogP contribution >= 0.6 is 11.6 Å². The molecule has 0 fully saturated rings. The minimum atomic E-state index is -0.741. The molecule has 5 N–H and O–H groups in total. The van der Waals surface area contributed by atoms with Gasteiger partial charge in [-0.1, -0.05) is 31.5 Å². The molecule has 0 aliphatic heterocycles. The molecule has 0 saturated heterocycles. The van der Waals surface area contributed by atoms with E-state index in [4.69, 9.17) is 23.1 Å². The van der Waals surface area contributed by atoms with E-state index in [1.165, 1.54) is 6.07 Å². The number of nitrogens with one attached hydrogen (secondary N) is 1. The Morgan fingerprint density at radius 3 is 2.44 bits per heavy atom. The Balaban J connectivity index is 2.94. The average Bonchev–Trinajstić information content (AvgIpc) is 2.28. The summed E-state index contributed by atoms with van der Waals surface area (Å²) in [5.41, 5.74) is 11.4. The Morgan fingerprint density at radius 1 is 1.33 bits per heavy atom. The third-order valence-corrected chi connectivity index (χ3v) is 2.95. The molecule has 1 aromatic rings. The van der Waals surface area contributed by atoms with Crippen LogP contribution in [0.5, 0.6) is 0 Å². The molecule has 6 heteroatoms. The quantitative estimate of drug-likeness (QED) is 0.716. The molecule has 5 nitrogen and oxygen atoms in total. The van der Waals surface area contributed by atoms with Crippen LogP contribution in [0.15, 0.2) is 18.2 Å². The number of hydrogen-bond acceptors (Lipinski definition) is 3. The molecule has 0 aliphatic carbocycles. The zero-order chi connectivity index (χ0) is 13.9. The van der Waals surface area contributed by atoms with Crippen molar-refractivity contribution in [2.24, 2.45) is 11.7 Å². The average molecular weight is 270 g/mol. The first-order valence-corrected chi connectivity index (χ1v) is 5.86. The third-order valence-electron chi connectivity index (χ3n) is 2.53. The van der Waals surface area contributed by atoms with Crippen LogP contribution in [0, 0.1) is 5.92 Å². The van der Waals surface area contributed by atoms with E-state index in [1.807, 2.05) is 0 Å². The number of carbonyl (C=O) groups excluding carboxylic acids is 2. The van der Waals surface area contributed by atoms with Crippen molar-refractivity contribution in [1.82, 2.24) is 5.32 Å². The molecule has 18 heavy (non-hydrogen) atoms. The van der Waals surface area contributed by atoms with Crippen molar-refractivity contribution in [3.05, 3.63) is 28.8 Å². The van der Waals surface area contributed by atoms with E-state index in [0.717, 1.165) is 0 Å². The third kappa shape index (κ3) is 3.13. The van der Waals surface area contributed by atoms with Gasteiger partial charge in [0.1, 0.15) is 6.04 Å². The number of nitrogen functional groups attached to an aromatic ring is 1. The second-order valence-electron chi connectivity index (χ2n) is 4.31. The van der Waals surface area contributed by atoms with Crippen LogP contribution < -0.4 is 16.8 Å². The van der Waals surface area contributed by atoms with E-state index >= 15 is 0 Å². The molecule has 2 amide bonds. The van der Waals surface area contributed by atoms with Crippen molar-refractivity contribution in [3.63, 3.8) is 0 Å². The molecule has 0 aromatic heterocycles. The van der Waals surface area contributed by atoms with Crippen molar-refractivity contribution in [1.29, 1.82) is 0 Å². The van der Waals surface area contributed by atoms with Gasteiger partial charge in [0, 0.05) is 0 Å². The van der Waals surface area contributed by atoms with Crippen molar-refractivity contribution >= 4 is 29.1 Å². The van der Waals surface area contributed by atoms with Crippen LogP contribution in [0.2, 0.25) is 5.02 Å². The molecule has 0 saturated carbocycles. The number of anilines is 1. The highest BCUT2D eigenvalue weighted by Crippen LogP contribution is 2.23. The van der Waals surface area contributed by atoms with Gasteiger partial charge in [-0.15, -0.1) is 0 Å². The van der Waals surface area contributed by atoms with Crippen LogP contribution in [0.4, 0.5) is 5.69 Å². The number of carbonyl (C=O) groups is 2. The Labute approximate surface area is 110 Å². The first-order chi connectivity index (χ1) is 8.34. The van der Waals surface area contributed by atoms with Gasteiger partial charge in [-0.2, -0.15) is 0 Å². The Kier molecular flexibility index (Phi) is 4.55. The van der Waals surface area contributed by atoms with Crippen molar-refractivity contribution in [3.8, 4) is 0 Å². The largest absolute Gasteiger partial charge is 0.398 e. The molecule has 1 rings (SSSR count). The number of benzene rings is 1. The first kappa shape index (κ1) is 14.3. The molecule has 1 unspecified atom stereocenters. The number of amides is 2. The number of halogens is 1. The zero-order valence-corrected chi connectivity index (χ0v) is 11.0. The van der Waals surface area contributed by atoms with Gasteiger partial charge in [0.05, 0.1) is 16.3 Å². The maximum Gasteiger partial charge on any atom is 0.253 e. The predicted octanol–water partition coefficient (Wildman–Crippen LogP) is 1.16. The number of hydrogen-bond donors (Lipinski definition) is 3. The van der Waals surface area contributed by atoms with Crippen LogP contribution in [-0.2, 0) is 4.79 Å². The van der Waals surface area contributed by atoms with Crippen molar-refractivity contribution in [2.75, 3.05) is 5.73 Å². The predicted molar refractivity (Wildman–Crippen MR) is 71.2 cm³/mol. The molecule has 98 valence electrons. The molecule has 0 bridgehead atoms. The summed E-state index contributed by atoms with van der Waals surface area (Å²) in [7, 11) is 0. The zero-order valence-electron chi connectivity index (χ0n) is 10.2. The maximum atomic E-state index is 12.0. The summed E-state index contributed by atoms with van der Waals surface area (Å²) >= 11 is 5.93.